The lowest BCUT2D eigenvalue weighted by atomic mass is 9.90. The van der Waals surface area contributed by atoms with Gasteiger partial charge in [-0.2, -0.15) is 0 Å². The summed E-state index contributed by atoms with van der Waals surface area (Å²) in [5, 5.41) is 51.4. The van der Waals surface area contributed by atoms with E-state index in [9.17, 15) is 25.2 Å². The lowest BCUT2D eigenvalue weighted by molar-refractivity contribution is -0.230. The molecule has 0 radical (unpaired) electrons. The zero-order valence-electron chi connectivity index (χ0n) is 14.4. The van der Waals surface area contributed by atoms with E-state index in [0.29, 0.717) is 12.8 Å². The van der Waals surface area contributed by atoms with Crippen LogP contribution in [-0.2, 0) is 9.53 Å². The minimum atomic E-state index is -1.41. The average Bonchev–Trinajstić information content (AvgIpc) is 2.62. The summed E-state index contributed by atoms with van der Waals surface area (Å²) >= 11 is 0. The number of aliphatic carboxylic acids is 1. The van der Waals surface area contributed by atoms with Crippen molar-refractivity contribution in [1.82, 2.24) is 0 Å². The third-order valence-corrected chi connectivity index (χ3v) is 4.60. The number of para-hydroxylation sites is 1. The lowest BCUT2D eigenvalue weighted by Crippen LogP contribution is -2.59. The first-order valence-corrected chi connectivity index (χ1v) is 8.76. The monoisotopic (exact) mass is 369 g/mol. The Morgan fingerprint density at radius 2 is 1.73 bits per heavy atom. The van der Waals surface area contributed by atoms with E-state index in [-0.39, 0.29) is 18.9 Å². The number of anilines is 1. The number of hydrogen-bond acceptors (Lipinski definition) is 7. The molecule has 6 N–H and O–H groups in total. The molecule has 8 heteroatoms. The highest BCUT2D eigenvalue weighted by Crippen LogP contribution is 2.26. The molecule has 0 amide bonds. The number of carbonyl (C=O) groups is 1. The van der Waals surface area contributed by atoms with E-state index < -0.39 is 43.1 Å². The Balaban J connectivity index is 2.04. The molecule has 2 rings (SSSR count). The molecule has 0 spiro atoms. The maximum absolute atomic E-state index is 10.8. The van der Waals surface area contributed by atoms with Crippen molar-refractivity contribution < 1.29 is 35.1 Å². The molecule has 146 valence electrons. The SMILES string of the molecule is O=C(O)CCCC(C[C@@H]1O[C@H](CO)[C@H](O)[C@H](O)[C@H]1O)Nc1ccccc1. The Labute approximate surface area is 152 Å². The second kappa shape index (κ2) is 9.84. The summed E-state index contributed by atoms with van der Waals surface area (Å²) in [7, 11) is 0. The zero-order chi connectivity index (χ0) is 19.1. The zero-order valence-corrected chi connectivity index (χ0v) is 14.4. The average molecular weight is 369 g/mol. The Hall–Kier alpha value is -1.71. The molecule has 6 atom stereocenters. The molecule has 1 aromatic carbocycles. The van der Waals surface area contributed by atoms with Crippen LogP contribution in [0.3, 0.4) is 0 Å². The van der Waals surface area contributed by atoms with Crippen LogP contribution in [0, 0.1) is 0 Å². The van der Waals surface area contributed by atoms with Gasteiger partial charge in [-0.1, -0.05) is 18.2 Å². The molecule has 1 heterocycles. The van der Waals surface area contributed by atoms with Crippen molar-refractivity contribution in [3.05, 3.63) is 30.3 Å². The van der Waals surface area contributed by atoms with E-state index >= 15 is 0 Å². The summed E-state index contributed by atoms with van der Waals surface area (Å²) in [6.45, 7) is -0.475. The van der Waals surface area contributed by atoms with Crippen LogP contribution in [0.15, 0.2) is 30.3 Å². The maximum Gasteiger partial charge on any atom is 0.303 e. The van der Waals surface area contributed by atoms with Gasteiger partial charge in [0.15, 0.2) is 0 Å². The highest BCUT2D eigenvalue weighted by atomic mass is 16.5. The molecular formula is C18H27NO7. The van der Waals surface area contributed by atoms with Gasteiger partial charge in [0.25, 0.3) is 0 Å². The molecular weight excluding hydrogens is 342 g/mol. The molecule has 26 heavy (non-hydrogen) atoms. The van der Waals surface area contributed by atoms with Gasteiger partial charge in [0.05, 0.1) is 12.7 Å². The van der Waals surface area contributed by atoms with Crippen LogP contribution in [0.25, 0.3) is 0 Å². The Morgan fingerprint density at radius 3 is 2.35 bits per heavy atom. The number of rotatable bonds is 9. The number of nitrogens with one attached hydrogen (secondary N) is 1. The minimum Gasteiger partial charge on any atom is -0.481 e. The molecule has 0 aromatic heterocycles. The fourth-order valence-corrected chi connectivity index (χ4v) is 3.17. The van der Waals surface area contributed by atoms with Gasteiger partial charge < -0.3 is 35.6 Å². The van der Waals surface area contributed by atoms with Crippen molar-refractivity contribution in [2.24, 2.45) is 0 Å². The number of benzene rings is 1. The summed E-state index contributed by atoms with van der Waals surface area (Å²) in [5.74, 6) is -0.878. The third kappa shape index (κ3) is 5.65. The van der Waals surface area contributed by atoms with Crippen molar-refractivity contribution in [3.63, 3.8) is 0 Å². The molecule has 1 fully saturated rings. The van der Waals surface area contributed by atoms with Gasteiger partial charge in [0, 0.05) is 18.2 Å². The largest absolute Gasteiger partial charge is 0.481 e. The van der Waals surface area contributed by atoms with Crippen molar-refractivity contribution in [1.29, 1.82) is 0 Å². The minimum absolute atomic E-state index is 0.0294. The van der Waals surface area contributed by atoms with E-state index in [4.69, 9.17) is 9.84 Å². The van der Waals surface area contributed by atoms with Crippen molar-refractivity contribution >= 4 is 11.7 Å². The van der Waals surface area contributed by atoms with Crippen LogP contribution >= 0.6 is 0 Å². The number of aliphatic hydroxyl groups excluding tert-OH is 4. The quantitative estimate of drug-likeness (QED) is 0.356. The van der Waals surface area contributed by atoms with Gasteiger partial charge in [-0.25, -0.2) is 0 Å². The van der Waals surface area contributed by atoms with Gasteiger partial charge in [-0.05, 0) is 31.4 Å². The van der Waals surface area contributed by atoms with Crippen LogP contribution in [0.1, 0.15) is 25.7 Å². The van der Waals surface area contributed by atoms with E-state index in [2.05, 4.69) is 5.32 Å². The van der Waals surface area contributed by atoms with E-state index in [1.807, 2.05) is 30.3 Å². The fraction of sp³-hybridized carbons (Fsp3) is 0.611. The van der Waals surface area contributed by atoms with Crippen molar-refractivity contribution in [2.75, 3.05) is 11.9 Å². The molecule has 8 nitrogen and oxygen atoms in total. The van der Waals surface area contributed by atoms with Crippen LogP contribution in [0.4, 0.5) is 5.69 Å². The first kappa shape index (κ1) is 20.6. The van der Waals surface area contributed by atoms with Gasteiger partial charge in [-0.15, -0.1) is 0 Å². The highest BCUT2D eigenvalue weighted by Gasteiger charge is 2.43. The van der Waals surface area contributed by atoms with Gasteiger partial charge in [-0.3, -0.25) is 4.79 Å². The van der Waals surface area contributed by atoms with Crippen LogP contribution in [0.2, 0.25) is 0 Å². The van der Waals surface area contributed by atoms with E-state index in [1.165, 1.54) is 0 Å². The van der Waals surface area contributed by atoms with Gasteiger partial charge in [0.2, 0.25) is 0 Å². The predicted octanol–water partition coefficient (Wildman–Crippen LogP) is -0.0455. The van der Waals surface area contributed by atoms with Crippen LogP contribution in [-0.4, -0.2) is 74.7 Å². The molecule has 1 aliphatic heterocycles. The summed E-state index contributed by atoms with van der Waals surface area (Å²) in [4.78, 5) is 10.8. The van der Waals surface area contributed by atoms with Crippen molar-refractivity contribution in [3.8, 4) is 0 Å². The fourth-order valence-electron chi connectivity index (χ4n) is 3.17. The second-order valence-corrected chi connectivity index (χ2v) is 6.60. The second-order valence-electron chi connectivity index (χ2n) is 6.60. The summed E-state index contributed by atoms with van der Waals surface area (Å²) in [6.07, 6.45) is -4.56. The summed E-state index contributed by atoms with van der Waals surface area (Å²) < 4.78 is 5.56. The third-order valence-electron chi connectivity index (χ3n) is 4.60. The molecule has 0 aliphatic carbocycles. The summed E-state index contributed by atoms with van der Waals surface area (Å²) in [5.41, 5.74) is 0.845. The molecule has 0 bridgehead atoms. The predicted molar refractivity (Wildman–Crippen MR) is 93.7 cm³/mol. The van der Waals surface area contributed by atoms with Crippen LogP contribution in [0.5, 0.6) is 0 Å². The van der Waals surface area contributed by atoms with Gasteiger partial charge in [0.1, 0.15) is 24.4 Å². The smallest absolute Gasteiger partial charge is 0.303 e. The normalized spacial score (nSPS) is 29.9. The highest BCUT2D eigenvalue weighted by molar-refractivity contribution is 5.66. The van der Waals surface area contributed by atoms with Crippen molar-refractivity contribution in [2.45, 2.75) is 62.2 Å². The maximum atomic E-state index is 10.8. The Kier molecular flexibility index (Phi) is 7.80. The van der Waals surface area contributed by atoms with Gasteiger partial charge >= 0.3 is 5.97 Å². The summed E-state index contributed by atoms with van der Waals surface area (Å²) in [6, 6.07) is 9.14. The first-order chi connectivity index (χ1) is 12.4. The Morgan fingerprint density at radius 1 is 1.08 bits per heavy atom. The number of carboxylic acids is 1. The topological polar surface area (TPSA) is 139 Å². The first-order valence-electron chi connectivity index (χ1n) is 8.76. The molecule has 0 saturated carbocycles. The van der Waals surface area contributed by atoms with E-state index in [0.717, 1.165) is 5.69 Å². The number of ether oxygens (including phenoxy) is 1. The standard InChI is InChI=1S/C18H27NO7/c20-10-14-17(24)18(25)16(23)13(26-14)9-12(7-4-8-15(21)22)19-11-5-2-1-3-6-11/h1-3,5-6,12-14,16-20,23-25H,4,7-10H2,(H,21,22)/t12?,13-,14+,16-,17-,18+/m0/s1. The lowest BCUT2D eigenvalue weighted by Gasteiger charge is -2.41. The van der Waals surface area contributed by atoms with E-state index in [1.54, 1.807) is 0 Å². The molecule has 1 aromatic rings. The molecule has 1 unspecified atom stereocenters. The number of hydrogen-bond donors (Lipinski definition) is 6. The number of carboxylic acid groups (broad SMARTS) is 1. The molecule has 1 saturated heterocycles. The Bertz CT molecular complexity index is 554. The van der Waals surface area contributed by atoms with Crippen LogP contribution < -0.4 is 5.32 Å². The molecule has 1 aliphatic rings. The number of aliphatic hydroxyl groups is 4.